The number of rotatable bonds is 5. The quantitative estimate of drug-likeness (QED) is 0.373. The van der Waals surface area contributed by atoms with Crippen LogP contribution in [0.3, 0.4) is 0 Å². The molecule has 0 amide bonds. The van der Waals surface area contributed by atoms with Crippen LogP contribution in [0.15, 0.2) is 64.7 Å². The molecule has 28 heavy (non-hydrogen) atoms. The maximum Gasteiger partial charge on any atom is 0.338 e. The van der Waals surface area contributed by atoms with Gasteiger partial charge in [0, 0.05) is 21.1 Å². The Labute approximate surface area is 174 Å². The summed E-state index contributed by atoms with van der Waals surface area (Å²) in [6, 6.07) is 15.3. The van der Waals surface area contributed by atoms with Gasteiger partial charge >= 0.3 is 5.97 Å². The number of anilines is 2. The average Bonchev–Trinajstić information content (AvgIpc) is 3.14. The van der Waals surface area contributed by atoms with Crippen LogP contribution in [0.4, 0.5) is 11.5 Å². The zero-order valence-electron chi connectivity index (χ0n) is 15.0. The second kappa shape index (κ2) is 8.08. The van der Waals surface area contributed by atoms with Crippen molar-refractivity contribution in [1.82, 2.24) is 9.97 Å². The van der Waals surface area contributed by atoms with Crippen LogP contribution in [0, 0.1) is 0 Å². The van der Waals surface area contributed by atoms with Gasteiger partial charge in [0.25, 0.3) is 0 Å². The number of nitrogens with one attached hydrogen (secondary N) is 1. The fourth-order valence-corrected chi connectivity index (χ4v) is 4.03. The van der Waals surface area contributed by atoms with Gasteiger partial charge in [0.1, 0.15) is 17.0 Å². The Morgan fingerprint density at radius 1 is 1.11 bits per heavy atom. The number of hydrogen-bond donors (Lipinski definition) is 1. The Kier molecular flexibility index (Phi) is 5.36. The molecule has 0 aliphatic rings. The second-order valence-electron chi connectivity index (χ2n) is 5.98. The molecular weight excluding hydrogens is 438 g/mol. The molecule has 0 unspecified atom stereocenters. The minimum atomic E-state index is -0.325. The van der Waals surface area contributed by atoms with Crippen molar-refractivity contribution in [3.63, 3.8) is 0 Å². The van der Waals surface area contributed by atoms with Crippen LogP contribution in [0.2, 0.25) is 0 Å². The van der Waals surface area contributed by atoms with Crippen LogP contribution in [-0.4, -0.2) is 22.5 Å². The lowest BCUT2D eigenvalue weighted by Crippen LogP contribution is -2.04. The van der Waals surface area contributed by atoms with E-state index in [4.69, 9.17) is 4.74 Å². The first-order chi connectivity index (χ1) is 13.7. The number of nitrogens with zero attached hydrogens (tertiary/aromatic N) is 2. The minimum Gasteiger partial charge on any atom is -0.462 e. The highest BCUT2D eigenvalue weighted by Crippen LogP contribution is 2.37. The molecule has 2 aromatic heterocycles. The lowest BCUT2D eigenvalue weighted by Gasteiger charge is -2.09. The Morgan fingerprint density at radius 3 is 2.57 bits per heavy atom. The van der Waals surface area contributed by atoms with Gasteiger partial charge in [0.2, 0.25) is 0 Å². The van der Waals surface area contributed by atoms with Crippen molar-refractivity contribution < 1.29 is 9.53 Å². The maximum atomic E-state index is 11.8. The van der Waals surface area contributed by atoms with Crippen LogP contribution in [0.1, 0.15) is 17.3 Å². The van der Waals surface area contributed by atoms with Gasteiger partial charge in [0.15, 0.2) is 0 Å². The number of benzene rings is 2. The second-order valence-corrected chi connectivity index (χ2v) is 7.76. The first-order valence-electron chi connectivity index (χ1n) is 8.68. The predicted molar refractivity (Wildman–Crippen MR) is 116 cm³/mol. The molecule has 5 nitrogen and oxygen atoms in total. The molecule has 7 heteroatoms. The number of hydrogen-bond acceptors (Lipinski definition) is 6. The normalized spacial score (nSPS) is 10.8. The van der Waals surface area contributed by atoms with E-state index in [-0.39, 0.29) is 5.97 Å². The number of halogens is 1. The van der Waals surface area contributed by atoms with Crippen LogP contribution in [0.25, 0.3) is 21.3 Å². The highest BCUT2D eigenvalue weighted by atomic mass is 79.9. The van der Waals surface area contributed by atoms with E-state index in [1.807, 2.05) is 24.3 Å². The Balaban J connectivity index is 1.68. The molecule has 0 saturated heterocycles. The molecule has 140 valence electrons. The first-order valence-corrected chi connectivity index (χ1v) is 10.4. The first kappa shape index (κ1) is 18.6. The number of aromatic nitrogens is 2. The van der Waals surface area contributed by atoms with Crippen LogP contribution in [-0.2, 0) is 4.74 Å². The van der Waals surface area contributed by atoms with Gasteiger partial charge in [-0.1, -0.05) is 28.1 Å². The third kappa shape index (κ3) is 3.76. The number of esters is 1. The van der Waals surface area contributed by atoms with E-state index in [0.717, 1.165) is 37.3 Å². The van der Waals surface area contributed by atoms with Crippen molar-refractivity contribution in [2.45, 2.75) is 6.92 Å². The van der Waals surface area contributed by atoms with E-state index < -0.39 is 0 Å². The van der Waals surface area contributed by atoms with Crippen molar-refractivity contribution in [2.75, 3.05) is 11.9 Å². The summed E-state index contributed by atoms with van der Waals surface area (Å²) in [5.41, 5.74) is 3.54. The van der Waals surface area contributed by atoms with E-state index in [2.05, 4.69) is 48.7 Å². The van der Waals surface area contributed by atoms with Gasteiger partial charge in [-0.15, -0.1) is 11.3 Å². The van der Waals surface area contributed by atoms with E-state index in [1.54, 1.807) is 36.7 Å². The zero-order valence-corrected chi connectivity index (χ0v) is 17.4. The van der Waals surface area contributed by atoms with Crippen molar-refractivity contribution in [3.05, 3.63) is 70.3 Å². The number of carbonyl (C=O) groups is 1. The highest BCUT2D eigenvalue weighted by molar-refractivity contribution is 9.10. The molecule has 0 aliphatic carbocycles. The van der Waals surface area contributed by atoms with Gasteiger partial charge in [-0.25, -0.2) is 14.8 Å². The Morgan fingerprint density at radius 2 is 1.86 bits per heavy atom. The summed E-state index contributed by atoms with van der Waals surface area (Å²) in [7, 11) is 0. The predicted octanol–water partition coefficient (Wildman–Crippen LogP) is 6.04. The molecule has 0 aliphatic heterocycles. The molecule has 0 fully saturated rings. The molecule has 0 bridgehead atoms. The number of fused-ring (bicyclic) bond motifs is 1. The number of ether oxygens (including phenoxy) is 1. The molecule has 0 saturated carbocycles. The summed E-state index contributed by atoms with van der Waals surface area (Å²) in [5, 5.41) is 6.42. The van der Waals surface area contributed by atoms with Gasteiger partial charge in [-0.05, 0) is 48.9 Å². The van der Waals surface area contributed by atoms with Gasteiger partial charge < -0.3 is 10.1 Å². The van der Waals surface area contributed by atoms with Gasteiger partial charge in [0.05, 0.1) is 17.6 Å². The number of carbonyl (C=O) groups excluding carboxylic acids is 1. The maximum absolute atomic E-state index is 11.8. The summed E-state index contributed by atoms with van der Waals surface area (Å²) in [6.45, 7) is 2.15. The standard InChI is InChI=1S/C21H16BrN3O2S/c1-2-27-21(26)14-5-9-16(10-6-14)25-19-18-17(11-28-20(18)24-12-23-19)13-3-7-15(22)8-4-13/h3-12H,2H2,1H3,(H,23,24,25). The minimum absolute atomic E-state index is 0.325. The highest BCUT2D eigenvalue weighted by Gasteiger charge is 2.14. The van der Waals surface area contributed by atoms with Crippen molar-refractivity contribution in [3.8, 4) is 11.1 Å². The lowest BCUT2D eigenvalue weighted by molar-refractivity contribution is 0.0526. The van der Waals surface area contributed by atoms with Gasteiger partial charge in [-0.3, -0.25) is 0 Å². The molecule has 0 radical (unpaired) electrons. The molecule has 2 aromatic carbocycles. The number of thiophene rings is 1. The summed E-state index contributed by atoms with van der Waals surface area (Å²) < 4.78 is 6.06. The monoisotopic (exact) mass is 453 g/mol. The summed E-state index contributed by atoms with van der Waals surface area (Å²) in [5.74, 6) is 0.405. The average molecular weight is 454 g/mol. The van der Waals surface area contributed by atoms with Gasteiger partial charge in [-0.2, -0.15) is 0 Å². The largest absolute Gasteiger partial charge is 0.462 e. The third-order valence-electron chi connectivity index (χ3n) is 4.18. The smallest absolute Gasteiger partial charge is 0.338 e. The van der Waals surface area contributed by atoms with Crippen LogP contribution >= 0.6 is 27.3 Å². The molecule has 4 rings (SSSR count). The SMILES string of the molecule is CCOC(=O)c1ccc(Nc2ncnc3scc(-c4ccc(Br)cc4)c23)cc1. The van der Waals surface area contributed by atoms with Crippen LogP contribution in [0.5, 0.6) is 0 Å². The summed E-state index contributed by atoms with van der Waals surface area (Å²) in [4.78, 5) is 21.6. The zero-order chi connectivity index (χ0) is 19.5. The van der Waals surface area contributed by atoms with E-state index >= 15 is 0 Å². The fraction of sp³-hybridized carbons (Fsp3) is 0.0952. The van der Waals surface area contributed by atoms with E-state index in [0.29, 0.717) is 12.2 Å². The molecular formula is C21H16BrN3O2S. The summed E-state index contributed by atoms with van der Waals surface area (Å²) in [6.07, 6.45) is 1.56. The summed E-state index contributed by atoms with van der Waals surface area (Å²) >= 11 is 5.06. The Hall–Kier alpha value is -2.77. The fourth-order valence-electron chi connectivity index (χ4n) is 2.85. The van der Waals surface area contributed by atoms with E-state index in [1.165, 1.54) is 0 Å². The third-order valence-corrected chi connectivity index (χ3v) is 5.60. The molecule has 2 heterocycles. The molecule has 4 aromatic rings. The van der Waals surface area contributed by atoms with E-state index in [9.17, 15) is 4.79 Å². The topological polar surface area (TPSA) is 64.1 Å². The van der Waals surface area contributed by atoms with Crippen LogP contribution < -0.4 is 5.32 Å². The van der Waals surface area contributed by atoms with Crippen molar-refractivity contribution >= 4 is 55.0 Å². The van der Waals surface area contributed by atoms with Crippen molar-refractivity contribution in [2.24, 2.45) is 0 Å². The molecule has 0 atom stereocenters. The lowest BCUT2D eigenvalue weighted by atomic mass is 10.1. The Bertz CT molecular complexity index is 1120. The van der Waals surface area contributed by atoms with Crippen molar-refractivity contribution in [1.29, 1.82) is 0 Å². The molecule has 1 N–H and O–H groups in total. The molecule has 0 spiro atoms.